The molecule has 1 N–H and O–H groups in total. The van der Waals surface area contributed by atoms with Gasteiger partial charge < -0.3 is 5.32 Å². The van der Waals surface area contributed by atoms with Crippen molar-refractivity contribution in [2.75, 3.05) is 25.4 Å². The van der Waals surface area contributed by atoms with Crippen molar-refractivity contribution in [1.29, 1.82) is 0 Å². The molecule has 1 aliphatic heterocycles. The number of sulfonamides is 1. The molecule has 118 valence electrons. The van der Waals surface area contributed by atoms with E-state index in [1.54, 1.807) is 4.31 Å². The monoisotopic (exact) mass is 302 g/mol. The van der Waals surface area contributed by atoms with Crippen molar-refractivity contribution in [2.24, 2.45) is 11.3 Å². The van der Waals surface area contributed by atoms with Crippen LogP contribution in [0.5, 0.6) is 0 Å². The van der Waals surface area contributed by atoms with Crippen molar-refractivity contribution >= 4 is 10.0 Å². The lowest BCUT2D eigenvalue weighted by Crippen LogP contribution is -2.42. The first-order chi connectivity index (χ1) is 9.29. The Kier molecular flexibility index (Phi) is 5.14. The molecule has 2 aliphatic rings. The molecule has 0 aromatic heterocycles. The Morgan fingerprint density at radius 2 is 1.70 bits per heavy atom. The minimum absolute atomic E-state index is 0.296. The van der Waals surface area contributed by atoms with Crippen LogP contribution in [-0.2, 0) is 10.0 Å². The van der Waals surface area contributed by atoms with E-state index < -0.39 is 10.0 Å². The average Bonchev–Trinajstić information content (AvgIpc) is 3.18. The highest BCUT2D eigenvalue weighted by atomic mass is 32.2. The van der Waals surface area contributed by atoms with Crippen molar-refractivity contribution in [3.63, 3.8) is 0 Å². The summed E-state index contributed by atoms with van der Waals surface area (Å²) in [5.41, 5.74) is 0.296. The van der Waals surface area contributed by atoms with Gasteiger partial charge in [-0.05, 0) is 50.0 Å². The van der Waals surface area contributed by atoms with Crippen LogP contribution in [-0.4, -0.2) is 44.2 Å². The van der Waals surface area contributed by atoms with Gasteiger partial charge in [-0.1, -0.05) is 20.8 Å². The molecule has 1 saturated heterocycles. The van der Waals surface area contributed by atoms with Gasteiger partial charge in [0, 0.05) is 19.1 Å². The lowest BCUT2D eigenvalue weighted by atomic mass is 9.76. The van der Waals surface area contributed by atoms with Gasteiger partial charge in [-0.2, -0.15) is 0 Å². The standard InChI is InChI=1S/C15H30N2O2S/c1-15(2,3)13-7-10-17(11-8-13)20(18,19)12-4-9-16-14-5-6-14/h13-14,16H,4-12H2,1-3H3. The lowest BCUT2D eigenvalue weighted by molar-refractivity contribution is 0.154. The van der Waals surface area contributed by atoms with E-state index in [1.807, 2.05) is 0 Å². The summed E-state index contributed by atoms with van der Waals surface area (Å²) in [5, 5.41) is 3.38. The Hall–Kier alpha value is -0.130. The van der Waals surface area contributed by atoms with E-state index >= 15 is 0 Å². The number of rotatable bonds is 6. The smallest absolute Gasteiger partial charge is 0.214 e. The molecule has 1 heterocycles. The minimum atomic E-state index is -3.04. The fraction of sp³-hybridized carbons (Fsp3) is 1.00. The molecule has 0 bridgehead atoms. The fourth-order valence-corrected chi connectivity index (χ4v) is 4.51. The minimum Gasteiger partial charge on any atom is -0.314 e. The predicted octanol–water partition coefficient (Wildman–Crippen LogP) is 2.22. The normalized spacial score (nSPS) is 23.1. The van der Waals surface area contributed by atoms with Crippen LogP contribution in [0.25, 0.3) is 0 Å². The van der Waals surface area contributed by atoms with E-state index in [-0.39, 0.29) is 0 Å². The molecule has 5 heteroatoms. The number of piperidine rings is 1. The quantitative estimate of drug-likeness (QED) is 0.765. The third kappa shape index (κ3) is 4.71. The highest BCUT2D eigenvalue weighted by Crippen LogP contribution is 2.34. The second kappa shape index (κ2) is 6.32. The molecule has 0 spiro atoms. The second-order valence-electron chi connectivity index (χ2n) is 7.44. The molecule has 0 amide bonds. The topological polar surface area (TPSA) is 49.4 Å². The fourth-order valence-electron chi connectivity index (χ4n) is 2.98. The van der Waals surface area contributed by atoms with Gasteiger partial charge in [0.1, 0.15) is 0 Å². The summed E-state index contributed by atoms with van der Waals surface area (Å²) in [6, 6.07) is 0.667. The van der Waals surface area contributed by atoms with E-state index in [1.165, 1.54) is 12.8 Å². The zero-order valence-electron chi connectivity index (χ0n) is 13.2. The first-order valence-electron chi connectivity index (χ1n) is 8.00. The summed E-state index contributed by atoms with van der Waals surface area (Å²) in [5.74, 6) is 0.942. The Morgan fingerprint density at radius 1 is 1.10 bits per heavy atom. The summed E-state index contributed by atoms with van der Waals surface area (Å²) in [6.45, 7) is 9.02. The molecule has 4 nitrogen and oxygen atoms in total. The molecule has 0 aromatic carbocycles. The molecule has 1 saturated carbocycles. The van der Waals surface area contributed by atoms with Gasteiger partial charge in [-0.25, -0.2) is 12.7 Å². The number of nitrogens with one attached hydrogen (secondary N) is 1. The Morgan fingerprint density at radius 3 is 2.20 bits per heavy atom. The zero-order chi connectivity index (χ0) is 14.8. The zero-order valence-corrected chi connectivity index (χ0v) is 14.0. The number of nitrogens with zero attached hydrogens (tertiary/aromatic N) is 1. The van der Waals surface area contributed by atoms with E-state index in [2.05, 4.69) is 26.1 Å². The van der Waals surface area contributed by atoms with Gasteiger partial charge in [0.25, 0.3) is 0 Å². The van der Waals surface area contributed by atoms with Crippen LogP contribution in [0.15, 0.2) is 0 Å². The van der Waals surface area contributed by atoms with Crippen molar-refractivity contribution in [3.05, 3.63) is 0 Å². The van der Waals surface area contributed by atoms with Gasteiger partial charge >= 0.3 is 0 Å². The second-order valence-corrected chi connectivity index (χ2v) is 9.53. The lowest BCUT2D eigenvalue weighted by Gasteiger charge is -2.38. The van der Waals surface area contributed by atoms with Crippen molar-refractivity contribution in [3.8, 4) is 0 Å². The van der Waals surface area contributed by atoms with Crippen LogP contribution < -0.4 is 5.32 Å². The van der Waals surface area contributed by atoms with E-state index in [4.69, 9.17) is 0 Å². The Labute approximate surface area is 124 Å². The van der Waals surface area contributed by atoms with Crippen molar-refractivity contribution < 1.29 is 8.42 Å². The van der Waals surface area contributed by atoms with Crippen LogP contribution >= 0.6 is 0 Å². The molecular weight excluding hydrogens is 272 g/mol. The van der Waals surface area contributed by atoms with Crippen LogP contribution in [0, 0.1) is 11.3 Å². The third-order valence-corrected chi connectivity index (χ3v) is 6.62. The van der Waals surface area contributed by atoms with Crippen LogP contribution in [0.4, 0.5) is 0 Å². The maximum atomic E-state index is 12.3. The summed E-state index contributed by atoms with van der Waals surface area (Å²) in [4.78, 5) is 0. The molecule has 20 heavy (non-hydrogen) atoms. The highest BCUT2D eigenvalue weighted by Gasteiger charge is 2.32. The summed E-state index contributed by atoms with van der Waals surface area (Å²) in [6.07, 6.45) is 5.25. The van der Waals surface area contributed by atoms with Crippen LogP contribution in [0.1, 0.15) is 52.9 Å². The molecule has 1 aliphatic carbocycles. The van der Waals surface area contributed by atoms with Crippen molar-refractivity contribution in [2.45, 2.75) is 58.9 Å². The summed E-state index contributed by atoms with van der Waals surface area (Å²) in [7, 11) is -3.04. The summed E-state index contributed by atoms with van der Waals surface area (Å²) < 4.78 is 26.3. The average molecular weight is 302 g/mol. The first-order valence-corrected chi connectivity index (χ1v) is 9.61. The molecule has 2 rings (SSSR count). The van der Waals surface area contributed by atoms with Crippen molar-refractivity contribution in [1.82, 2.24) is 9.62 Å². The van der Waals surface area contributed by atoms with Gasteiger partial charge in [-0.15, -0.1) is 0 Å². The van der Waals surface area contributed by atoms with E-state index in [0.717, 1.165) is 25.8 Å². The molecular formula is C15H30N2O2S. The summed E-state index contributed by atoms with van der Waals surface area (Å²) >= 11 is 0. The third-order valence-electron chi connectivity index (χ3n) is 4.66. The maximum absolute atomic E-state index is 12.3. The SMILES string of the molecule is CC(C)(C)C1CCN(S(=O)(=O)CCCNC2CC2)CC1. The molecule has 0 radical (unpaired) electrons. The van der Waals surface area contributed by atoms with Gasteiger partial charge in [0.2, 0.25) is 10.0 Å². The van der Waals surface area contributed by atoms with Crippen LogP contribution in [0.3, 0.4) is 0 Å². The Balaban J connectivity index is 1.73. The number of hydrogen-bond donors (Lipinski definition) is 1. The molecule has 0 atom stereocenters. The molecule has 0 aromatic rings. The van der Waals surface area contributed by atoms with E-state index in [0.29, 0.717) is 36.2 Å². The molecule has 2 fully saturated rings. The van der Waals surface area contributed by atoms with Gasteiger partial charge in [-0.3, -0.25) is 0 Å². The number of hydrogen-bond acceptors (Lipinski definition) is 3. The van der Waals surface area contributed by atoms with Gasteiger partial charge in [0.05, 0.1) is 5.75 Å². The van der Waals surface area contributed by atoms with E-state index in [9.17, 15) is 8.42 Å². The molecule has 0 unspecified atom stereocenters. The first kappa shape index (κ1) is 16.2. The largest absolute Gasteiger partial charge is 0.314 e. The Bertz CT molecular complexity index is 402. The maximum Gasteiger partial charge on any atom is 0.214 e. The van der Waals surface area contributed by atoms with Crippen LogP contribution in [0.2, 0.25) is 0 Å². The highest BCUT2D eigenvalue weighted by molar-refractivity contribution is 7.89. The van der Waals surface area contributed by atoms with Gasteiger partial charge in [0.15, 0.2) is 0 Å². The predicted molar refractivity (Wildman–Crippen MR) is 83.2 cm³/mol.